The number of ether oxygens (including phenoxy) is 1. The highest BCUT2D eigenvalue weighted by Crippen LogP contribution is 2.27. The van der Waals surface area contributed by atoms with Crippen LogP contribution in [0.4, 0.5) is 17.3 Å². The Labute approximate surface area is 166 Å². The first kappa shape index (κ1) is 17.9. The van der Waals surface area contributed by atoms with Crippen LogP contribution in [-0.4, -0.2) is 20.9 Å². The van der Waals surface area contributed by atoms with Gasteiger partial charge in [0.05, 0.1) is 11.7 Å². The quantitative estimate of drug-likeness (QED) is 0.505. The van der Waals surface area contributed by atoms with Gasteiger partial charge in [-0.2, -0.15) is 0 Å². The maximum Gasteiger partial charge on any atom is 0.301 e. The minimum atomic E-state index is -0.572. The normalized spacial score (nSPS) is 10.2. The van der Waals surface area contributed by atoms with Gasteiger partial charge in [-0.05, 0) is 48.4 Å². The SMILES string of the molecule is C#CC(=O)Nc1cc2c(Nc3ccc(Oc4ccccc4)cc3)ncnc2cn1. The van der Waals surface area contributed by atoms with Crippen molar-refractivity contribution >= 4 is 34.1 Å². The van der Waals surface area contributed by atoms with Crippen LogP contribution in [-0.2, 0) is 4.79 Å². The Balaban J connectivity index is 1.56. The zero-order chi connectivity index (χ0) is 20.1. The fourth-order valence-corrected chi connectivity index (χ4v) is 2.65. The van der Waals surface area contributed by atoms with E-state index in [0.29, 0.717) is 22.5 Å². The molecule has 0 aliphatic rings. The Hall–Kier alpha value is -4.44. The predicted octanol–water partition coefficient (Wildman–Crippen LogP) is 4.13. The summed E-state index contributed by atoms with van der Waals surface area (Å²) in [6.45, 7) is 0. The second kappa shape index (κ2) is 8.06. The van der Waals surface area contributed by atoms with Gasteiger partial charge in [0, 0.05) is 11.1 Å². The summed E-state index contributed by atoms with van der Waals surface area (Å²) in [5.41, 5.74) is 1.45. The van der Waals surface area contributed by atoms with Crippen molar-refractivity contribution in [3.8, 4) is 23.8 Å². The van der Waals surface area contributed by atoms with Crippen LogP contribution in [0.15, 0.2) is 73.2 Å². The summed E-state index contributed by atoms with van der Waals surface area (Å²) in [6, 6.07) is 18.7. The number of nitrogens with zero attached hydrogens (tertiary/aromatic N) is 3. The first-order valence-corrected chi connectivity index (χ1v) is 8.69. The third kappa shape index (κ3) is 4.28. The molecule has 2 heterocycles. The van der Waals surface area contributed by atoms with Gasteiger partial charge in [0.15, 0.2) is 0 Å². The fourth-order valence-electron chi connectivity index (χ4n) is 2.65. The number of benzene rings is 2. The minimum absolute atomic E-state index is 0.324. The number of hydrogen-bond acceptors (Lipinski definition) is 6. The molecule has 0 saturated heterocycles. The molecule has 7 heteroatoms. The van der Waals surface area contributed by atoms with Crippen molar-refractivity contribution in [2.75, 3.05) is 10.6 Å². The molecule has 7 nitrogen and oxygen atoms in total. The Bertz CT molecular complexity index is 1200. The van der Waals surface area contributed by atoms with Gasteiger partial charge in [-0.1, -0.05) is 18.2 Å². The van der Waals surface area contributed by atoms with E-state index < -0.39 is 5.91 Å². The molecule has 0 spiro atoms. The average molecular weight is 381 g/mol. The lowest BCUT2D eigenvalue weighted by Gasteiger charge is -2.10. The largest absolute Gasteiger partial charge is 0.457 e. The third-order valence-corrected chi connectivity index (χ3v) is 3.99. The van der Waals surface area contributed by atoms with Crippen LogP contribution in [0.1, 0.15) is 0 Å². The summed E-state index contributed by atoms with van der Waals surface area (Å²) >= 11 is 0. The molecule has 0 radical (unpaired) electrons. The topological polar surface area (TPSA) is 89.0 Å². The Morgan fingerprint density at radius 3 is 2.48 bits per heavy atom. The van der Waals surface area contributed by atoms with Gasteiger partial charge in [0.25, 0.3) is 0 Å². The number of hydrogen-bond donors (Lipinski definition) is 2. The number of terminal acetylenes is 1. The van der Waals surface area contributed by atoms with Gasteiger partial charge < -0.3 is 10.1 Å². The van der Waals surface area contributed by atoms with Crippen LogP contribution < -0.4 is 15.4 Å². The van der Waals surface area contributed by atoms with Crippen molar-refractivity contribution in [3.63, 3.8) is 0 Å². The van der Waals surface area contributed by atoms with E-state index in [9.17, 15) is 4.79 Å². The lowest BCUT2D eigenvalue weighted by molar-refractivity contribution is -0.111. The molecular formula is C22H15N5O2. The molecule has 4 rings (SSSR count). The van der Waals surface area contributed by atoms with Crippen LogP contribution in [0.3, 0.4) is 0 Å². The van der Waals surface area contributed by atoms with Gasteiger partial charge in [-0.15, -0.1) is 6.42 Å². The molecule has 2 aromatic carbocycles. The maximum absolute atomic E-state index is 11.4. The summed E-state index contributed by atoms with van der Waals surface area (Å²) in [5.74, 6) is 3.80. The number of aromatic nitrogens is 3. The number of para-hydroxylation sites is 1. The summed E-state index contributed by atoms with van der Waals surface area (Å²) in [7, 11) is 0. The third-order valence-electron chi connectivity index (χ3n) is 3.99. The van der Waals surface area contributed by atoms with Gasteiger partial charge in [-0.3, -0.25) is 10.1 Å². The summed E-state index contributed by atoms with van der Waals surface area (Å²) < 4.78 is 5.80. The Morgan fingerprint density at radius 1 is 0.966 bits per heavy atom. The van der Waals surface area contributed by atoms with Crippen molar-refractivity contribution in [2.24, 2.45) is 0 Å². The molecule has 0 atom stereocenters. The van der Waals surface area contributed by atoms with Crippen molar-refractivity contribution in [3.05, 3.63) is 73.2 Å². The molecule has 0 aliphatic heterocycles. The number of carbonyl (C=O) groups is 1. The highest BCUT2D eigenvalue weighted by atomic mass is 16.5. The van der Waals surface area contributed by atoms with Crippen molar-refractivity contribution in [2.45, 2.75) is 0 Å². The molecule has 0 bridgehead atoms. The van der Waals surface area contributed by atoms with E-state index in [1.54, 1.807) is 12.3 Å². The Morgan fingerprint density at radius 2 is 1.72 bits per heavy atom. The first-order chi connectivity index (χ1) is 14.2. The molecule has 0 saturated carbocycles. The molecule has 29 heavy (non-hydrogen) atoms. The van der Waals surface area contributed by atoms with E-state index in [4.69, 9.17) is 11.2 Å². The van der Waals surface area contributed by atoms with Gasteiger partial charge >= 0.3 is 5.91 Å². The van der Waals surface area contributed by atoms with Crippen LogP contribution in [0.25, 0.3) is 10.9 Å². The molecular weight excluding hydrogens is 366 g/mol. The molecule has 0 aliphatic carbocycles. The lowest BCUT2D eigenvalue weighted by atomic mass is 10.2. The molecule has 0 unspecified atom stereocenters. The molecule has 2 N–H and O–H groups in total. The first-order valence-electron chi connectivity index (χ1n) is 8.69. The molecule has 140 valence electrons. The van der Waals surface area contributed by atoms with Gasteiger partial charge in [-0.25, -0.2) is 15.0 Å². The second-order valence-electron chi connectivity index (χ2n) is 5.97. The standard InChI is InChI=1S/C22H15N5O2/c1-2-21(28)27-20-12-18-19(13-23-20)24-14-25-22(18)26-15-8-10-17(11-9-15)29-16-6-4-3-5-7-16/h1,3-14H,(H,23,27,28)(H,24,25,26). The van der Waals surface area contributed by atoms with Crippen LogP contribution >= 0.6 is 0 Å². The number of fused-ring (bicyclic) bond motifs is 1. The van der Waals surface area contributed by atoms with Gasteiger partial charge in [0.2, 0.25) is 0 Å². The molecule has 4 aromatic rings. The predicted molar refractivity (Wildman–Crippen MR) is 111 cm³/mol. The van der Waals surface area contributed by atoms with E-state index in [1.807, 2.05) is 60.5 Å². The molecule has 1 amide bonds. The van der Waals surface area contributed by atoms with Crippen LogP contribution in [0, 0.1) is 12.3 Å². The lowest BCUT2D eigenvalue weighted by Crippen LogP contribution is -2.09. The average Bonchev–Trinajstić information content (AvgIpc) is 2.76. The highest BCUT2D eigenvalue weighted by Gasteiger charge is 2.08. The highest BCUT2D eigenvalue weighted by molar-refractivity contribution is 6.04. The maximum atomic E-state index is 11.4. The van der Waals surface area contributed by atoms with E-state index in [-0.39, 0.29) is 0 Å². The summed E-state index contributed by atoms with van der Waals surface area (Å²) in [5, 5.41) is 6.46. The van der Waals surface area contributed by atoms with E-state index >= 15 is 0 Å². The zero-order valence-corrected chi connectivity index (χ0v) is 15.2. The monoisotopic (exact) mass is 381 g/mol. The van der Waals surface area contributed by atoms with Crippen LogP contribution in [0.5, 0.6) is 11.5 Å². The van der Waals surface area contributed by atoms with Crippen molar-refractivity contribution in [1.82, 2.24) is 15.0 Å². The van der Waals surface area contributed by atoms with Crippen LogP contribution in [0.2, 0.25) is 0 Å². The number of amides is 1. The summed E-state index contributed by atoms with van der Waals surface area (Å²) in [4.78, 5) is 24.0. The smallest absolute Gasteiger partial charge is 0.301 e. The van der Waals surface area contributed by atoms with Crippen molar-refractivity contribution < 1.29 is 9.53 Å². The number of nitrogens with one attached hydrogen (secondary N) is 2. The van der Waals surface area contributed by atoms with Gasteiger partial charge in [0.1, 0.15) is 29.5 Å². The number of pyridine rings is 1. The number of carbonyl (C=O) groups excluding carboxylic acids is 1. The number of rotatable bonds is 5. The number of anilines is 3. The fraction of sp³-hybridized carbons (Fsp3) is 0. The summed E-state index contributed by atoms with van der Waals surface area (Å²) in [6.07, 6.45) is 8.08. The van der Waals surface area contributed by atoms with Crippen molar-refractivity contribution in [1.29, 1.82) is 0 Å². The van der Waals surface area contributed by atoms with E-state index in [0.717, 1.165) is 17.2 Å². The Kier molecular flexibility index (Phi) is 4.99. The van der Waals surface area contributed by atoms with E-state index in [1.165, 1.54) is 6.33 Å². The zero-order valence-electron chi connectivity index (χ0n) is 15.2. The minimum Gasteiger partial charge on any atom is -0.457 e. The molecule has 0 fully saturated rings. The molecule has 2 aromatic heterocycles. The van der Waals surface area contributed by atoms with E-state index in [2.05, 4.69) is 25.6 Å². The second-order valence-corrected chi connectivity index (χ2v) is 5.97.